The van der Waals surface area contributed by atoms with Crippen molar-refractivity contribution in [1.29, 1.82) is 0 Å². The fraction of sp³-hybridized carbons (Fsp3) is 0.200. The largest absolute Gasteiger partial charge is 0.232 e. The van der Waals surface area contributed by atoms with E-state index in [9.17, 15) is 0 Å². The van der Waals surface area contributed by atoms with Gasteiger partial charge in [0.1, 0.15) is 12.7 Å². The van der Waals surface area contributed by atoms with Crippen LogP contribution in [-0.2, 0) is 9.78 Å². The van der Waals surface area contributed by atoms with E-state index in [-0.39, 0.29) is 6.10 Å². The SMILES string of the molecule is Brc1cccc([C@@H]2C=CCOO2)c1. The summed E-state index contributed by atoms with van der Waals surface area (Å²) in [5.74, 6) is 0. The second kappa shape index (κ2) is 4.05. The van der Waals surface area contributed by atoms with Gasteiger partial charge in [-0.3, -0.25) is 0 Å². The number of rotatable bonds is 1. The van der Waals surface area contributed by atoms with Crippen molar-refractivity contribution in [2.75, 3.05) is 6.61 Å². The molecule has 0 N–H and O–H groups in total. The van der Waals surface area contributed by atoms with E-state index in [0.29, 0.717) is 6.61 Å². The third-order valence-corrected chi connectivity index (χ3v) is 2.32. The maximum Gasteiger partial charge on any atom is 0.136 e. The van der Waals surface area contributed by atoms with Crippen molar-refractivity contribution < 1.29 is 9.78 Å². The van der Waals surface area contributed by atoms with Gasteiger partial charge >= 0.3 is 0 Å². The van der Waals surface area contributed by atoms with Crippen molar-refractivity contribution in [3.8, 4) is 0 Å². The van der Waals surface area contributed by atoms with Crippen LogP contribution in [0.15, 0.2) is 40.9 Å². The summed E-state index contributed by atoms with van der Waals surface area (Å²) in [7, 11) is 0. The normalized spacial score (nSPS) is 21.8. The molecule has 0 aliphatic carbocycles. The first-order valence-electron chi connectivity index (χ1n) is 4.06. The van der Waals surface area contributed by atoms with E-state index < -0.39 is 0 Å². The fourth-order valence-corrected chi connectivity index (χ4v) is 1.63. The third-order valence-electron chi connectivity index (χ3n) is 1.82. The summed E-state index contributed by atoms with van der Waals surface area (Å²) in [5, 5.41) is 0. The molecular weight excluding hydrogens is 232 g/mol. The van der Waals surface area contributed by atoms with Crippen molar-refractivity contribution in [3.63, 3.8) is 0 Å². The minimum atomic E-state index is -0.0775. The van der Waals surface area contributed by atoms with E-state index >= 15 is 0 Å². The van der Waals surface area contributed by atoms with Gasteiger partial charge in [0.05, 0.1) is 0 Å². The Kier molecular flexibility index (Phi) is 2.78. The monoisotopic (exact) mass is 240 g/mol. The van der Waals surface area contributed by atoms with Crippen LogP contribution >= 0.6 is 15.9 Å². The average Bonchev–Trinajstić information content (AvgIpc) is 2.19. The molecule has 0 saturated heterocycles. The predicted molar refractivity (Wildman–Crippen MR) is 53.1 cm³/mol. The van der Waals surface area contributed by atoms with Crippen molar-refractivity contribution in [2.24, 2.45) is 0 Å². The van der Waals surface area contributed by atoms with Gasteiger partial charge in [0, 0.05) is 4.47 Å². The second-order valence-corrected chi connectivity index (χ2v) is 3.70. The highest BCUT2D eigenvalue weighted by Crippen LogP contribution is 2.24. The zero-order valence-corrected chi connectivity index (χ0v) is 8.53. The molecule has 0 amide bonds. The van der Waals surface area contributed by atoms with Gasteiger partial charge in [0.2, 0.25) is 0 Å². The molecule has 0 bridgehead atoms. The Bertz CT molecular complexity index is 322. The predicted octanol–water partition coefficient (Wildman–Crippen LogP) is 3.01. The summed E-state index contributed by atoms with van der Waals surface area (Å²) in [4.78, 5) is 9.99. The molecule has 0 aromatic heterocycles. The van der Waals surface area contributed by atoms with Gasteiger partial charge < -0.3 is 0 Å². The first-order valence-corrected chi connectivity index (χ1v) is 4.86. The summed E-state index contributed by atoms with van der Waals surface area (Å²) in [5.41, 5.74) is 1.09. The van der Waals surface area contributed by atoms with Gasteiger partial charge in [0.25, 0.3) is 0 Å². The molecule has 1 atom stereocenters. The first-order chi connectivity index (χ1) is 6.36. The van der Waals surface area contributed by atoms with Crippen molar-refractivity contribution in [2.45, 2.75) is 6.10 Å². The molecule has 2 rings (SSSR count). The van der Waals surface area contributed by atoms with Crippen LogP contribution < -0.4 is 0 Å². The molecule has 1 aliphatic heterocycles. The number of hydrogen-bond acceptors (Lipinski definition) is 2. The van der Waals surface area contributed by atoms with Crippen molar-refractivity contribution in [1.82, 2.24) is 0 Å². The summed E-state index contributed by atoms with van der Waals surface area (Å²) < 4.78 is 1.05. The van der Waals surface area contributed by atoms with Crippen LogP contribution in [0.1, 0.15) is 11.7 Å². The Morgan fingerprint density at radius 1 is 1.38 bits per heavy atom. The molecule has 1 aromatic carbocycles. The molecule has 0 unspecified atom stereocenters. The van der Waals surface area contributed by atoms with Crippen LogP contribution in [0.5, 0.6) is 0 Å². The standard InChI is InChI=1S/C10H9BrO2/c11-9-4-1-3-8(7-9)10-5-2-6-12-13-10/h1-5,7,10H,6H2/t10-/m0/s1. The Morgan fingerprint density at radius 2 is 2.31 bits per heavy atom. The number of benzene rings is 1. The summed E-state index contributed by atoms with van der Waals surface area (Å²) in [6.07, 6.45) is 3.87. The van der Waals surface area contributed by atoms with Crippen LogP contribution in [0.4, 0.5) is 0 Å². The quantitative estimate of drug-likeness (QED) is 0.555. The van der Waals surface area contributed by atoms with Crippen molar-refractivity contribution in [3.05, 3.63) is 46.5 Å². The molecular formula is C10H9BrO2. The van der Waals surface area contributed by atoms with Crippen LogP contribution in [0.2, 0.25) is 0 Å². The zero-order chi connectivity index (χ0) is 9.10. The van der Waals surface area contributed by atoms with E-state index in [1.54, 1.807) is 0 Å². The lowest BCUT2D eigenvalue weighted by Crippen LogP contribution is -2.07. The highest BCUT2D eigenvalue weighted by molar-refractivity contribution is 9.10. The summed E-state index contributed by atoms with van der Waals surface area (Å²) in [6, 6.07) is 7.99. The molecule has 2 nitrogen and oxygen atoms in total. The molecule has 3 heteroatoms. The maximum atomic E-state index is 5.11. The molecule has 1 heterocycles. The Hall–Kier alpha value is -0.640. The fourth-order valence-electron chi connectivity index (χ4n) is 1.21. The topological polar surface area (TPSA) is 18.5 Å². The van der Waals surface area contributed by atoms with Gasteiger partial charge in [-0.15, -0.1) is 0 Å². The van der Waals surface area contributed by atoms with Gasteiger partial charge in [-0.1, -0.05) is 34.1 Å². The summed E-state index contributed by atoms with van der Waals surface area (Å²) >= 11 is 3.41. The van der Waals surface area contributed by atoms with Gasteiger partial charge in [-0.2, -0.15) is 0 Å². The lowest BCUT2D eigenvalue weighted by Gasteiger charge is -2.16. The average molecular weight is 241 g/mol. The zero-order valence-electron chi connectivity index (χ0n) is 6.94. The maximum absolute atomic E-state index is 5.11. The third kappa shape index (κ3) is 2.18. The highest BCUT2D eigenvalue weighted by Gasteiger charge is 2.12. The van der Waals surface area contributed by atoms with Gasteiger partial charge in [0.15, 0.2) is 0 Å². The van der Waals surface area contributed by atoms with E-state index in [0.717, 1.165) is 10.0 Å². The van der Waals surface area contributed by atoms with Gasteiger partial charge in [-0.05, 0) is 23.8 Å². The Morgan fingerprint density at radius 3 is 3.00 bits per heavy atom. The minimum Gasteiger partial charge on any atom is -0.232 e. The van der Waals surface area contributed by atoms with Crippen LogP contribution in [0.25, 0.3) is 0 Å². The lowest BCUT2D eigenvalue weighted by molar-refractivity contribution is -0.315. The number of halogens is 1. The van der Waals surface area contributed by atoms with Crippen LogP contribution in [0.3, 0.4) is 0 Å². The molecule has 13 heavy (non-hydrogen) atoms. The lowest BCUT2D eigenvalue weighted by atomic mass is 10.1. The second-order valence-electron chi connectivity index (χ2n) is 2.78. The number of hydrogen-bond donors (Lipinski definition) is 0. The van der Waals surface area contributed by atoms with Crippen molar-refractivity contribution >= 4 is 15.9 Å². The van der Waals surface area contributed by atoms with E-state index in [4.69, 9.17) is 9.78 Å². The molecule has 1 aliphatic rings. The first kappa shape index (κ1) is 8.94. The Labute approximate surface area is 85.2 Å². The molecule has 0 spiro atoms. The highest BCUT2D eigenvalue weighted by atomic mass is 79.9. The van der Waals surface area contributed by atoms with E-state index in [1.807, 2.05) is 36.4 Å². The molecule has 0 radical (unpaired) electrons. The molecule has 68 valence electrons. The van der Waals surface area contributed by atoms with Crippen LogP contribution in [0, 0.1) is 0 Å². The smallest absolute Gasteiger partial charge is 0.136 e. The molecule has 0 saturated carbocycles. The molecule has 0 fully saturated rings. The summed E-state index contributed by atoms with van der Waals surface area (Å²) in [6.45, 7) is 0.532. The van der Waals surface area contributed by atoms with Gasteiger partial charge in [-0.25, -0.2) is 9.78 Å². The van der Waals surface area contributed by atoms with E-state index in [2.05, 4.69) is 15.9 Å². The van der Waals surface area contributed by atoms with Crippen LogP contribution in [-0.4, -0.2) is 6.61 Å². The molecule has 1 aromatic rings. The Balaban J connectivity index is 2.24. The minimum absolute atomic E-state index is 0.0775. The van der Waals surface area contributed by atoms with E-state index in [1.165, 1.54) is 0 Å².